The summed E-state index contributed by atoms with van der Waals surface area (Å²) in [5, 5.41) is 7.08. The molecule has 0 unspecified atom stereocenters. The molecule has 2 heterocycles. The topological polar surface area (TPSA) is 81.9 Å². The third kappa shape index (κ3) is 4.68. The molecule has 0 aliphatic heterocycles. The molecule has 9 heteroatoms. The Morgan fingerprint density at radius 3 is 2.52 bits per heavy atom. The highest BCUT2D eigenvalue weighted by Gasteiger charge is 2.14. The lowest BCUT2D eigenvalue weighted by molar-refractivity contribution is -0.118. The zero-order chi connectivity index (χ0) is 19.6. The van der Waals surface area contributed by atoms with Gasteiger partial charge in [-0.1, -0.05) is 0 Å². The van der Waals surface area contributed by atoms with Gasteiger partial charge in [0.2, 0.25) is 0 Å². The van der Waals surface area contributed by atoms with Crippen molar-refractivity contribution in [2.75, 3.05) is 11.9 Å². The van der Waals surface area contributed by atoms with E-state index >= 15 is 0 Å². The predicted octanol–water partition coefficient (Wildman–Crippen LogP) is 3.51. The Balaban J connectivity index is 1.74. The second-order valence-corrected chi connectivity index (χ2v) is 6.80. The van der Waals surface area contributed by atoms with Crippen LogP contribution in [0.25, 0.3) is 5.95 Å². The summed E-state index contributed by atoms with van der Waals surface area (Å²) in [6.45, 7) is 5.28. The van der Waals surface area contributed by atoms with Crippen LogP contribution in [0, 0.1) is 26.6 Å². The second kappa shape index (κ2) is 7.83. The molecule has 3 aromatic rings. The van der Waals surface area contributed by atoms with Gasteiger partial charge in [0.15, 0.2) is 6.61 Å². The first kappa shape index (κ1) is 19.0. The Morgan fingerprint density at radius 2 is 1.85 bits per heavy atom. The number of ether oxygens (including phenoxy) is 1. The maximum absolute atomic E-state index is 13.1. The molecule has 7 nitrogen and oxygen atoms in total. The van der Waals surface area contributed by atoms with Gasteiger partial charge < -0.3 is 10.1 Å². The van der Waals surface area contributed by atoms with Gasteiger partial charge in [0.25, 0.3) is 11.9 Å². The molecule has 0 bridgehead atoms. The number of amides is 1. The Kier molecular flexibility index (Phi) is 5.50. The summed E-state index contributed by atoms with van der Waals surface area (Å²) in [4.78, 5) is 21.0. The van der Waals surface area contributed by atoms with Gasteiger partial charge in [-0.05, 0) is 61.0 Å². The highest BCUT2D eigenvalue weighted by atomic mass is 79.9. The third-order valence-corrected chi connectivity index (χ3v) is 4.13. The largest absolute Gasteiger partial charge is 0.483 e. The fraction of sp³-hybridized carbons (Fsp3) is 0.222. The van der Waals surface area contributed by atoms with Crippen LogP contribution in [0.5, 0.6) is 5.75 Å². The molecular weight excluding hydrogens is 417 g/mol. The number of halogens is 2. The lowest BCUT2D eigenvalue weighted by atomic mass is 10.3. The van der Waals surface area contributed by atoms with Crippen LogP contribution in [-0.4, -0.2) is 32.3 Å². The zero-order valence-electron chi connectivity index (χ0n) is 15.0. The van der Waals surface area contributed by atoms with Gasteiger partial charge in [0.05, 0.1) is 10.2 Å². The van der Waals surface area contributed by atoms with E-state index in [0.29, 0.717) is 27.7 Å². The molecule has 27 heavy (non-hydrogen) atoms. The number of nitrogens with one attached hydrogen (secondary N) is 1. The molecule has 0 atom stereocenters. The summed E-state index contributed by atoms with van der Waals surface area (Å²) in [6, 6.07) is 7.54. The lowest BCUT2D eigenvalue weighted by Gasteiger charge is -2.10. The van der Waals surface area contributed by atoms with E-state index in [-0.39, 0.29) is 6.61 Å². The summed E-state index contributed by atoms with van der Waals surface area (Å²) < 4.78 is 20.4. The van der Waals surface area contributed by atoms with Crippen molar-refractivity contribution in [1.29, 1.82) is 0 Å². The fourth-order valence-corrected chi connectivity index (χ4v) is 2.92. The molecule has 3 rings (SSSR count). The number of hydrogen-bond donors (Lipinski definition) is 1. The zero-order valence-corrected chi connectivity index (χ0v) is 16.5. The van der Waals surface area contributed by atoms with Crippen LogP contribution in [-0.2, 0) is 4.79 Å². The van der Waals surface area contributed by atoms with E-state index in [1.165, 1.54) is 22.9 Å². The van der Waals surface area contributed by atoms with Crippen LogP contribution >= 0.6 is 15.9 Å². The summed E-state index contributed by atoms with van der Waals surface area (Å²) >= 11 is 3.20. The normalized spacial score (nSPS) is 10.7. The summed E-state index contributed by atoms with van der Waals surface area (Å²) in [7, 11) is 0. The van der Waals surface area contributed by atoms with Crippen molar-refractivity contribution in [3.8, 4) is 11.7 Å². The summed E-state index contributed by atoms with van der Waals surface area (Å²) in [6.07, 6.45) is 0. The Morgan fingerprint density at radius 1 is 1.15 bits per heavy atom. The first-order valence-corrected chi connectivity index (χ1v) is 8.88. The molecule has 0 radical (unpaired) electrons. The monoisotopic (exact) mass is 433 g/mol. The number of carbonyl (C=O) groups is 1. The first-order valence-electron chi connectivity index (χ1n) is 8.09. The van der Waals surface area contributed by atoms with E-state index < -0.39 is 11.7 Å². The van der Waals surface area contributed by atoms with Crippen LogP contribution in [0.4, 0.5) is 10.2 Å². The first-order chi connectivity index (χ1) is 12.8. The van der Waals surface area contributed by atoms with Gasteiger partial charge in [0.1, 0.15) is 17.4 Å². The number of nitrogens with zero attached hydrogens (tertiary/aromatic N) is 4. The van der Waals surface area contributed by atoms with Gasteiger partial charge in [-0.3, -0.25) is 4.79 Å². The molecule has 0 fully saturated rings. The van der Waals surface area contributed by atoms with Crippen LogP contribution in [0.15, 0.2) is 34.8 Å². The SMILES string of the molecule is Cc1cc(C)nc(-n2nc(C)cc2NC(=O)COc2ccc(F)cc2Br)n1. The third-order valence-electron chi connectivity index (χ3n) is 3.51. The van der Waals surface area contributed by atoms with Crippen LogP contribution in [0.2, 0.25) is 0 Å². The molecule has 1 N–H and O–H groups in total. The van der Waals surface area contributed by atoms with Crippen LogP contribution in [0.1, 0.15) is 17.1 Å². The standard InChI is InChI=1S/C18H17BrFN5O2/c1-10-6-11(2)22-18(21-10)25-16(7-12(3)24-25)23-17(26)9-27-15-5-4-13(20)8-14(15)19/h4-8H,9H2,1-3H3,(H,23,26). The van der Waals surface area contributed by atoms with Crippen molar-refractivity contribution in [3.05, 3.63) is 57.7 Å². The average molecular weight is 434 g/mol. The van der Waals surface area contributed by atoms with Crippen molar-refractivity contribution in [1.82, 2.24) is 19.7 Å². The highest BCUT2D eigenvalue weighted by Crippen LogP contribution is 2.25. The predicted molar refractivity (Wildman–Crippen MR) is 102 cm³/mol. The molecule has 140 valence electrons. The van der Waals surface area contributed by atoms with Crippen molar-refractivity contribution in [3.63, 3.8) is 0 Å². The molecule has 0 saturated heterocycles. The number of anilines is 1. The molecule has 0 saturated carbocycles. The molecule has 2 aromatic heterocycles. The molecular formula is C18H17BrFN5O2. The van der Waals surface area contributed by atoms with E-state index in [2.05, 4.69) is 36.3 Å². The molecule has 1 aromatic carbocycles. The van der Waals surface area contributed by atoms with E-state index in [1.54, 1.807) is 13.0 Å². The quantitative estimate of drug-likeness (QED) is 0.665. The highest BCUT2D eigenvalue weighted by molar-refractivity contribution is 9.10. The maximum Gasteiger partial charge on any atom is 0.263 e. The van der Waals surface area contributed by atoms with Gasteiger partial charge in [-0.15, -0.1) is 0 Å². The molecule has 0 spiro atoms. The molecule has 0 aliphatic carbocycles. The van der Waals surface area contributed by atoms with Gasteiger partial charge in [-0.2, -0.15) is 9.78 Å². The minimum atomic E-state index is -0.397. The number of aryl methyl sites for hydroxylation is 3. The Bertz CT molecular complexity index is 985. The number of aromatic nitrogens is 4. The lowest BCUT2D eigenvalue weighted by Crippen LogP contribution is -2.22. The van der Waals surface area contributed by atoms with Crippen molar-refractivity contribution < 1.29 is 13.9 Å². The minimum absolute atomic E-state index is 0.248. The summed E-state index contributed by atoms with van der Waals surface area (Å²) in [5.74, 6) is 0.388. The minimum Gasteiger partial charge on any atom is -0.483 e. The fourth-order valence-electron chi connectivity index (χ4n) is 2.46. The second-order valence-electron chi connectivity index (χ2n) is 5.95. The Hall–Kier alpha value is -2.81. The van der Waals surface area contributed by atoms with Gasteiger partial charge in [-0.25, -0.2) is 14.4 Å². The molecule has 1 amide bonds. The average Bonchev–Trinajstić information content (AvgIpc) is 2.93. The van der Waals surface area contributed by atoms with Crippen LogP contribution in [0.3, 0.4) is 0 Å². The summed E-state index contributed by atoms with van der Waals surface area (Å²) in [5.41, 5.74) is 2.30. The van der Waals surface area contributed by atoms with E-state index in [1.807, 2.05) is 19.9 Å². The maximum atomic E-state index is 13.1. The van der Waals surface area contributed by atoms with Crippen LogP contribution < -0.4 is 10.1 Å². The van der Waals surface area contributed by atoms with Crippen molar-refractivity contribution in [2.24, 2.45) is 0 Å². The van der Waals surface area contributed by atoms with Gasteiger partial charge >= 0.3 is 0 Å². The van der Waals surface area contributed by atoms with Gasteiger partial charge in [0, 0.05) is 17.5 Å². The number of rotatable bonds is 5. The van der Waals surface area contributed by atoms with E-state index in [4.69, 9.17) is 4.74 Å². The van der Waals surface area contributed by atoms with Crippen molar-refractivity contribution >= 4 is 27.7 Å². The number of hydrogen-bond acceptors (Lipinski definition) is 5. The van der Waals surface area contributed by atoms with E-state index in [0.717, 1.165) is 11.4 Å². The Labute approximate surface area is 163 Å². The number of carbonyl (C=O) groups excluding carboxylic acids is 1. The molecule has 0 aliphatic rings. The van der Waals surface area contributed by atoms with Crippen molar-refractivity contribution in [2.45, 2.75) is 20.8 Å². The smallest absolute Gasteiger partial charge is 0.263 e. The van der Waals surface area contributed by atoms with E-state index in [9.17, 15) is 9.18 Å². The number of benzene rings is 1.